The van der Waals surface area contributed by atoms with Crippen molar-refractivity contribution in [2.45, 2.75) is 25.2 Å². The van der Waals surface area contributed by atoms with Crippen molar-refractivity contribution in [3.8, 4) is 10.4 Å². The van der Waals surface area contributed by atoms with E-state index in [1.165, 1.54) is 16.9 Å². The number of sulfonamides is 1. The number of hydrogen-bond acceptors (Lipinski definition) is 3. The largest absolute Gasteiger partial charge is 0.279 e. The molecule has 5 heteroatoms. The van der Waals surface area contributed by atoms with Gasteiger partial charge in [-0.25, -0.2) is 8.42 Å². The fourth-order valence-electron chi connectivity index (χ4n) is 2.51. The quantitative estimate of drug-likeness (QED) is 0.691. The Hall–Kier alpha value is -2.11. The van der Waals surface area contributed by atoms with Gasteiger partial charge in [-0.2, -0.15) is 0 Å². The summed E-state index contributed by atoms with van der Waals surface area (Å²) in [6.45, 7) is 3.92. The van der Waals surface area contributed by atoms with Gasteiger partial charge in [0.2, 0.25) is 0 Å². The van der Waals surface area contributed by atoms with Gasteiger partial charge in [0.05, 0.1) is 10.6 Å². The molecule has 24 heavy (non-hydrogen) atoms. The van der Waals surface area contributed by atoms with Gasteiger partial charge >= 0.3 is 0 Å². The maximum atomic E-state index is 12.5. The fraction of sp³-hybridized carbons (Fsp3) is 0.158. The van der Waals surface area contributed by atoms with Gasteiger partial charge in [-0.05, 0) is 42.2 Å². The maximum absolute atomic E-state index is 12.5. The molecule has 0 saturated heterocycles. The molecular formula is C19H19NO2S2. The second-order valence-corrected chi connectivity index (χ2v) is 8.18. The average molecular weight is 358 g/mol. The fourth-order valence-corrected chi connectivity index (χ4v) is 4.72. The van der Waals surface area contributed by atoms with E-state index in [0.29, 0.717) is 10.6 Å². The molecule has 1 heterocycles. The summed E-state index contributed by atoms with van der Waals surface area (Å²) in [6, 6.07) is 17.2. The van der Waals surface area contributed by atoms with Crippen molar-refractivity contribution in [2.75, 3.05) is 4.72 Å². The summed E-state index contributed by atoms with van der Waals surface area (Å²) in [4.78, 5) is 1.35. The maximum Gasteiger partial charge on any atom is 0.262 e. The number of benzene rings is 2. The number of nitrogens with one attached hydrogen (secondary N) is 1. The second kappa shape index (κ2) is 6.79. The Labute approximate surface area is 147 Å². The third-order valence-electron chi connectivity index (χ3n) is 3.88. The van der Waals surface area contributed by atoms with E-state index < -0.39 is 10.0 Å². The topological polar surface area (TPSA) is 46.2 Å². The van der Waals surface area contributed by atoms with Crippen LogP contribution < -0.4 is 4.72 Å². The van der Waals surface area contributed by atoms with Crippen molar-refractivity contribution in [3.63, 3.8) is 0 Å². The number of thiophene rings is 1. The first-order valence-electron chi connectivity index (χ1n) is 7.76. The predicted molar refractivity (Wildman–Crippen MR) is 101 cm³/mol. The van der Waals surface area contributed by atoms with Crippen LogP contribution in [0.5, 0.6) is 0 Å². The first-order valence-corrected chi connectivity index (χ1v) is 10.1. The van der Waals surface area contributed by atoms with Crippen molar-refractivity contribution >= 4 is 27.0 Å². The molecule has 3 aromatic rings. The highest BCUT2D eigenvalue weighted by atomic mass is 32.2. The lowest BCUT2D eigenvalue weighted by Crippen LogP contribution is -2.13. The highest BCUT2D eigenvalue weighted by Crippen LogP contribution is 2.31. The highest BCUT2D eigenvalue weighted by Gasteiger charge is 2.17. The molecule has 0 bridgehead atoms. The lowest BCUT2D eigenvalue weighted by atomic mass is 10.1. The molecule has 0 spiro atoms. The van der Waals surface area contributed by atoms with Crippen LogP contribution in [0.4, 0.5) is 5.69 Å². The first-order chi connectivity index (χ1) is 11.5. The van der Waals surface area contributed by atoms with Crippen LogP contribution in [0.15, 0.2) is 64.9 Å². The van der Waals surface area contributed by atoms with Gasteiger partial charge in [0.25, 0.3) is 10.0 Å². The van der Waals surface area contributed by atoms with E-state index in [-0.39, 0.29) is 0 Å². The third-order valence-corrected chi connectivity index (χ3v) is 6.40. The Morgan fingerprint density at radius 2 is 1.75 bits per heavy atom. The van der Waals surface area contributed by atoms with Gasteiger partial charge in [0.15, 0.2) is 0 Å². The monoisotopic (exact) mass is 357 g/mol. The summed E-state index contributed by atoms with van der Waals surface area (Å²) in [7, 11) is -3.57. The molecule has 0 unspecified atom stereocenters. The minimum absolute atomic E-state index is 0.310. The van der Waals surface area contributed by atoms with Crippen molar-refractivity contribution in [3.05, 3.63) is 71.1 Å². The SMILES string of the molecule is CCc1ccc(-c2cc(NS(=O)(=O)c3ccccc3C)cs2)cc1. The average Bonchev–Trinajstić information content (AvgIpc) is 3.03. The van der Waals surface area contributed by atoms with Crippen LogP contribution in [0.25, 0.3) is 10.4 Å². The first kappa shape index (κ1) is 16.7. The molecule has 0 aliphatic heterocycles. The van der Waals surface area contributed by atoms with Crippen LogP contribution in [0, 0.1) is 6.92 Å². The van der Waals surface area contributed by atoms with Crippen LogP contribution in [0.2, 0.25) is 0 Å². The van der Waals surface area contributed by atoms with Gasteiger partial charge in [-0.3, -0.25) is 4.72 Å². The molecule has 0 aliphatic carbocycles. The molecule has 1 N–H and O–H groups in total. The third kappa shape index (κ3) is 3.52. The Morgan fingerprint density at radius 3 is 2.42 bits per heavy atom. The summed E-state index contributed by atoms with van der Waals surface area (Å²) in [5.74, 6) is 0. The van der Waals surface area contributed by atoms with E-state index in [9.17, 15) is 8.42 Å². The number of rotatable bonds is 5. The highest BCUT2D eigenvalue weighted by molar-refractivity contribution is 7.92. The zero-order valence-electron chi connectivity index (χ0n) is 13.6. The number of anilines is 1. The van der Waals surface area contributed by atoms with Crippen LogP contribution in [-0.2, 0) is 16.4 Å². The molecule has 0 atom stereocenters. The second-order valence-electron chi connectivity index (χ2n) is 5.62. The van der Waals surface area contributed by atoms with Gasteiger partial charge in [-0.1, -0.05) is 49.4 Å². The number of hydrogen-bond donors (Lipinski definition) is 1. The van der Waals surface area contributed by atoms with Gasteiger partial charge in [0, 0.05) is 10.3 Å². The van der Waals surface area contributed by atoms with Gasteiger partial charge in [-0.15, -0.1) is 11.3 Å². The normalized spacial score (nSPS) is 11.4. The number of aryl methyl sites for hydroxylation is 2. The lowest BCUT2D eigenvalue weighted by Gasteiger charge is -2.08. The summed E-state index contributed by atoms with van der Waals surface area (Å²) in [5, 5.41) is 1.83. The smallest absolute Gasteiger partial charge is 0.262 e. The molecule has 2 aromatic carbocycles. The van der Waals surface area contributed by atoms with Crippen molar-refractivity contribution in [1.82, 2.24) is 0 Å². The zero-order valence-corrected chi connectivity index (χ0v) is 15.2. The van der Waals surface area contributed by atoms with Crippen LogP contribution in [-0.4, -0.2) is 8.42 Å². The Balaban J connectivity index is 1.84. The van der Waals surface area contributed by atoms with Gasteiger partial charge < -0.3 is 0 Å². The minimum Gasteiger partial charge on any atom is -0.279 e. The summed E-state index contributed by atoms with van der Waals surface area (Å²) < 4.78 is 27.8. The standard InChI is InChI=1S/C19H19NO2S2/c1-3-15-8-10-16(11-9-15)18-12-17(13-23-18)20-24(21,22)19-7-5-4-6-14(19)2/h4-13,20H,3H2,1-2H3. The molecule has 124 valence electrons. The van der Waals surface area contributed by atoms with Crippen LogP contribution >= 0.6 is 11.3 Å². The Kier molecular flexibility index (Phi) is 4.73. The van der Waals surface area contributed by atoms with E-state index in [1.807, 2.05) is 17.5 Å². The molecule has 0 aliphatic rings. The van der Waals surface area contributed by atoms with Crippen molar-refractivity contribution in [2.24, 2.45) is 0 Å². The molecule has 1 aromatic heterocycles. The predicted octanol–water partition coefficient (Wildman–Crippen LogP) is 5.09. The van der Waals surface area contributed by atoms with E-state index >= 15 is 0 Å². The molecule has 0 radical (unpaired) electrons. The van der Waals surface area contributed by atoms with Crippen molar-refractivity contribution in [1.29, 1.82) is 0 Å². The molecule has 3 rings (SSSR count). The lowest BCUT2D eigenvalue weighted by molar-refractivity contribution is 0.600. The van der Waals surface area contributed by atoms with E-state index in [4.69, 9.17) is 0 Å². The summed E-state index contributed by atoms with van der Waals surface area (Å²) in [6.07, 6.45) is 1.01. The van der Waals surface area contributed by atoms with Gasteiger partial charge in [0.1, 0.15) is 0 Å². The molecule has 0 saturated carbocycles. The molecule has 0 fully saturated rings. The van der Waals surface area contributed by atoms with Crippen LogP contribution in [0.3, 0.4) is 0 Å². The summed E-state index contributed by atoms with van der Waals surface area (Å²) in [5.41, 5.74) is 3.71. The minimum atomic E-state index is -3.57. The van der Waals surface area contributed by atoms with Crippen molar-refractivity contribution < 1.29 is 8.42 Å². The van der Waals surface area contributed by atoms with E-state index in [0.717, 1.165) is 22.4 Å². The molecular weight excluding hydrogens is 338 g/mol. The molecule has 0 amide bonds. The molecule has 3 nitrogen and oxygen atoms in total. The Bertz CT molecular complexity index is 942. The van der Waals surface area contributed by atoms with E-state index in [1.54, 1.807) is 25.1 Å². The Morgan fingerprint density at radius 1 is 1.04 bits per heavy atom. The summed E-state index contributed by atoms with van der Waals surface area (Å²) >= 11 is 1.53. The van der Waals surface area contributed by atoms with E-state index in [2.05, 4.69) is 35.9 Å². The zero-order chi connectivity index (χ0) is 17.2. The van der Waals surface area contributed by atoms with Crippen LogP contribution in [0.1, 0.15) is 18.1 Å².